The Morgan fingerprint density at radius 1 is 0.844 bits per heavy atom. The van der Waals surface area contributed by atoms with E-state index in [0.717, 1.165) is 22.6 Å². The lowest BCUT2D eigenvalue weighted by atomic mass is 9.87. The molecule has 3 aromatic rings. The summed E-state index contributed by atoms with van der Waals surface area (Å²) in [6.45, 7) is 10.1. The number of hydrogen-bond donors (Lipinski definition) is 3. The first-order valence-electron chi connectivity index (χ1n) is 10.5. The monoisotopic (exact) mass is 431 g/mol. The lowest BCUT2D eigenvalue weighted by molar-refractivity contribution is -0.115. The van der Waals surface area contributed by atoms with Crippen LogP contribution in [0.5, 0.6) is 0 Å². The molecule has 0 radical (unpaired) electrons. The van der Waals surface area contributed by atoms with Crippen LogP contribution >= 0.6 is 0 Å². The molecule has 2 amide bonds. The van der Waals surface area contributed by atoms with Crippen LogP contribution in [0.15, 0.2) is 54.6 Å². The average Bonchev–Trinajstić information content (AvgIpc) is 2.72. The number of benzene rings is 2. The van der Waals surface area contributed by atoms with Gasteiger partial charge in [-0.05, 0) is 67.3 Å². The highest BCUT2D eigenvalue weighted by atomic mass is 16.2. The minimum atomic E-state index is -0.303. The fourth-order valence-corrected chi connectivity index (χ4v) is 3.14. The Bertz CT molecular complexity index is 1080. The number of nitrogens with one attached hydrogen (secondary N) is 3. The quantitative estimate of drug-likeness (QED) is 0.534. The van der Waals surface area contributed by atoms with Gasteiger partial charge in [0, 0.05) is 28.3 Å². The van der Waals surface area contributed by atoms with Gasteiger partial charge >= 0.3 is 0 Å². The van der Waals surface area contributed by atoms with Gasteiger partial charge in [-0.2, -0.15) is 0 Å². The molecule has 166 valence electrons. The van der Waals surface area contributed by atoms with E-state index in [2.05, 4.69) is 46.7 Å². The molecule has 0 unspecified atom stereocenters. The Labute approximate surface area is 188 Å². The molecule has 0 fully saturated rings. The summed E-state index contributed by atoms with van der Waals surface area (Å²) >= 11 is 0. The SMILES string of the molecule is Cc1cc(C)nc(Nc2ccc(NC(=O)CNC(=O)c3ccc(C(C)(C)C)cc3)cc2)n1. The molecule has 7 heteroatoms. The van der Waals surface area contributed by atoms with Gasteiger partial charge in [-0.3, -0.25) is 9.59 Å². The van der Waals surface area contributed by atoms with Crippen LogP contribution < -0.4 is 16.0 Å². The molecule has 3 N–H and O–H groups in total. The second-order valence-electron chi connectivity index (χ2n) is 8.73. The van der Waals surface area contributed by atoms with Crippen molar-refractivity contribution in [3.05, 3.63) is 77.1 Å². The number of hydrogen-bond acceptors (Lipinski definition) is 5. The van der Waals surface area contributed by atoms with E-state index >= 15 is 0 Å². The third-order valence-electron chi connectivity index (χ3n) is 4.83. The van der Waals surface area contributed by atoms with Gasteiger partial charge in [0.2, 0.25) is 11.9 Å². The number of carbonyl (C=O) groups is 2. The molecule has 0 saturated carbocycles. The van der Waals surface area contributed by atoms with Crippen LogP contribution in [0.2, 0.25) is 0 Å². The summed E-state index contributed by atoms with van der Waals surface area (Å²) in [7, 11) is 0. The molecule has 0 aliphatic rings. The molecule has 0 atom stereocenters. The van der Waals surface area contributed by atoms with E-state index < -0.39 is 0 Å². The second-order valence-corrected chi connectivity index (χ2v) is 8.73. The van der Waals surface area contributed by atoms with Crippen molar-refractivity contribution >= 4 is 29.1 Å². The first kappa shape index (κ1) is 22.9. The molecule has 0 aliphatic heterocycles. The smallest absolute Gasteiger partial charge is 0.251 e. The number of aromatic nitrogens is 2. The molecule has 0 spiro atoms. The lowest BCUT2D eigenvalue weighted by Crippen LogP contribution is -2.32. The molecule has 1 aromatic heterocycles. The molecule has 7 nitrogen and oxygen atoms in total. The van der Waals surface area contributed by atoms with Crippen molar-refractivity contribution in [1.82, 2.24) is 15.3 Å². The number of anilines is 3. The van der Waals surface area contributed by atoms with Crippen molar-refractivity contribution in [3.8, 4) is 0 Å². The highest BCUT2D eigenvalue weighted by Gasteiger charge is 2.14. The molecular formula is C25H29N5O2. The van der Waals surface area contributed by atoms with Gasteiger partial charge in [0.1, 0.15) is 0 Å². The van der Waals surface area contributed by atoms with Gasteiger partial charge in [-0.25, -0.2) is 9.97 Å². The maximum atomic E-state index is 12.3. The summed E-state index contributed by atoms with van der Waals surface area (Å²) in [5.74, 6) is -0.0610. The molecule has 0 aliphatic carbocycles. The third-order valence-corrected chi connectivity index (χ3v) is 4.83. The fraction of sp³-hybridized carbons (Fsp3) is 0.280. The summed E-state index contributed by atoms with van der Waals surface area (Å²) < 4.78 is 0. The fourth-order valence-electron chi connectivity index (χ4n) is 3.14. The maximum Gasteiger partial charge on any atom is 0.251 e. The number of carbonyl (C=O) groups excluding carboxylic acids is 2. The molecular weight excluding hydrogens is 402 g/mol. The predicted molar refractivity (Wildman–Crippen MR) is 127 cm³/mol. The molecule has 3 rings (SSSR count). The van der Waals surface area contributed by atoms with E-state index in [1.54, 1.807) is 24.3 Å². The first-order valence-corrected chi connectivity index (χ1v) is 10.5. The minimum Gasteiger partial charge on any atom is -0.343 e. The van der Waals surface area contributed by atoms with Crippen molar-refractivity contribution < 1.29 is 9.59 Å². The van der Waals surface area contributed by atoms with Gasteiger partial charge in [0.15, 0.2) is 0 Å². The predicted octanol–water partition coefficient (Wildman–Crippen LogP) is 4.50. The zero-order valence-corrected chi connectivity index (χ0v) is 19.1. The van der Waals surface area contributed by atoms with E-state index in [1.807, 2.05) is 44.2 Å². The van der Waals surface area contributed by atoms with E-state index in [1.165, 1.54) is 0 Å². The van der Waals surface area contributed by atoms with Crippen molar-refractivity contribution in [2.24, 2.45) is 0 Å². The van der Waals surface area contributed by atoms with Crippen LogP contribution in [0.3, 0.4) is 0 Å². The maximum absolute atomic E-state index is 12.3. The van der Waals surface area contributed by atoms with Crippen LogP contribution in [0, 0.1) is 13.8 Å². The Kier molecular flexibility index (Phi) is 6.88. The molecule has 0 bridgehead atoms. The van der Waals surface area contributed by atoms with Gasteiger partial charge in [0.05, 0.1) is 6.54 Å². The van der Waals surface area contributed by atoms with Crippen LogP contribution in [-0.4, -0.2) is 28.3 Å². The average molecular weight is 432 g/mol. The Morgan fingerprint density at radius 3 is 1.97 bits per heavy atom. The first-order chi connectivity index (χ1) is 15.1. The van der Waals surface area contributed by atoms with E-state index in [0.29, 0.717) is 17.2 Å². The van der Waals surface area contributed by atoms with E-state index in [4.69, 9.17) is 0 Å². The summed E-state index contributed by atoms with van der Waals surface area (Å²) in [6, 6.07) is 16.5. The third kappa shape index (κ3) is 6.38. The standard InChI is InChI=1S/C25H29N5O2/c1-16-14-17(2)28-24(27-16)30-21-12-10-20(11-13-21)29-22(31)15-26-23(32)18-6-8-19(9-7-18)25(3,4)5/h6-14H,15H2,1-5H3,(H,26,32)(H,29,31)(H,27,28,30). The van der Waals surface area contributed by atoms with Gasteiger partial charge < -0.3 is 16.0 Å². The van der Waals surface area contributed by atoms with Crippen molar-refractivity contribution in [3.63, 3.8) is 0 Å². The van der Waals surface area contributed by atoms with Gasteiger partial charge in [-0.15, -0.1) is 0 Å². The number of nitrogens with zero attached hydrogens (tertiary/aromatic N) is 2. The Balaban J connectivity index is 1.51. The summed E-state index contributed by atoms with van der Waals surface area (Å²) in [5, 5.41) is 8.57. The molecule has 1 heterocycles. The number of rotatable bonds is 6. The summed E-state index contributed by atoms with van der Waals surface area (Å²) in [5.41, 5.74) is 4.90. The van der Waals surface area contributed by atoms with Crippen molar-refractivity contribution in [1.29, 1.82) is 0 Å². The molecule has 32 heavy (non-hydrogen) atoms. The molecule has 2 aromatic carbocycles. The Hall–Kier alpha value is -3.74. The zero-order valence-electron chi connectivity index (χ0n) is 19.1. The zero-order chi connectivity index (χ0) is 23.3. The highest BCUT2D eigenvalue weighted by Crippen LogP contribution is 2.22. The van der Waals surface area contributed by atoms with Crippen LogP contribution in [-0.2, 0) is 10.2 Å². The number of amides is 2. The highest BCUT2D eigenvalue weighted by molar-refractivity contribution is 5.99. The summed E-state index contributed by atoms with van der Waals surface area (Å²) in [6.07, 6.45) is 0. The largest absolute Gasteiger partial charge is 0.343 e. The van der Waals surface area contributed by atoms with Crippen LogP contribution in [0.1, 0.15) is 48.1 Å². The second kappa shape index (κ2) is 9.60. The van der Waals surface area contributed by atoms with E-state index in [-0.39, 0.29) is 23.8 Å². The Morgan fingerprint density at radius 2 is 1.41 bits per heavy atom. The van der Waals surface area contributed by atoms with Crippen LogP contribution in [0.4, 0.5) is 17.3 Å². The van der Waals surface area contributed by atoms with E-state index in [9.17, 15) is 9.59 Å². The lowest BCUT2D eigenvalue weighted by Gasteiger charge is -2.19. The minimum absolute atomic E-state index is 0.0198. The molecule has 0 saturated heterocycles. The normalized spacial score (nSPS) is 11.0. The van der Waals surface area contributed by atoms with Gasteiger partial charge in [0.25, 0.3) is 5.91 Å². The topological polar surface area (TPSA) is 96.0 Å². The van der Waals surface area contributed by atoms with Gasteiger partial charge in [-0.1, -0.05) is 32.9 Å². The van der Waals surface area contributed by atoms with Crippen molar-refractivity contribution in [2.75, 3.05) is 17.2 Å². The van der Waals surface area contributed by atoms with Crippen LogP contribution in [0.25, 0.3) is 0 Å². The van der Waals surface area contributed by atoms with Crippen molar-refractivity contribution in [2.45, 2.75) is 40.0 Å². The summed E-state index contributed by atoms with van der Waals surface area (Å²) in [4.78, 5) is 33.2. The number of aryl methyl sites for hydroxylation is 2.